The number of nitrogens with zero attached hydrogens (tertiary/aromatic N) is 1. The summed E-state index contributed by atoms with van der Waals surface area (Å²) in [5.41, 5.74) is 2.91. The molecular formula is C20H26N3O2+. The number of aromatic nitrogens is 1. The predicted molar refractivity (Wildman–Crippen MR) is 97.8 cm³/mol. The molecule has 0 saturated carbocycles. The second-order valence-electron chi connectivity index (χ2n) is 6.29. The van der Waals surface area contributed by atoms with Crippen molar-refractivity contribution in [3.05, 3.63) is 59.9 Å². The summed E-state index contributed by atoms with van der Waals surface area (Å²) in [4.78, 5) is 17.8. The summed E-state index contributed by atoms with van der Waals surface area (Å²) in [6.45, 7) is 5.96. The molecular weight excluding hydrogens is 314 g/mol. The Kier molecular flexibility index (Phi) is 6.01. The van der Waals surface area contributed by atoms with Crippen molar-refractivity contribution in [3.8, 4) is 0 Å². The minimum atomic E-state index is -0.0653. The van der Waals surface area contributed by atoms with Crippen LogP contribution in [0, 0.1) is 0 Å². The van der Waals surface area contributed by atoms with Gasteiger partial charge in [-0.05, 0) is 12.0 Å². The van der Waals surface area contributed by atoms with Crippen LogP contribution in [-0.2, 0) is 4.74 Å². The van der Waals surface area contributed by atoms with Gasteiger partial charge in [0.2, 0.25) is 0 Å². The summed E-state index contributed by atoms with van der Waals surface area (Å²) < 4.78 is 5.39. The van der Waals surface area contributed by atoms with Gasteiger partial charge < -0.3 is 15.0 Å². The van der Waals surface area contributed by atoms with Crippen LogP contribution in [0.5, 0.6) is 0 Å². The van der Waals surface area contributed by atoms with E-state index in [2.05, 4.69) is 34.3 Å². The van der Waals surface area contributed by atoms with Crippen molar-refractivity contribution in [3.63, 3.8) is 0 Å². The zero-order valence-corrected chi connectivity index (χ0v) is 14.7. The molecule has 2 N–H and O–H groups in total. The van der Waals surface area contributed by atoms with E-state index in [9.17, 15) is 4.79 Å². The van der Waals surface area contributed by atoms with Gasteiger partial charge in [-0.3, -0.25) is 4.79 Å². The highest BCUT2D eigenvalue weighted by Crippen LogP contribution is 2.18. The lowest BCUT2D eigenvalue weighted by molar-refractivity contribution is -0.382. The van der Waals surface area contributed by atoms with Crippen LogP contribution in [0.3, 0.4) is 0 Å². The number of aromatic amines is 1. The van der Waals surface area contributed by atoms with Crippen LogP contribution in [0.4, 0.5) is 5.69 Å². The third-order valence-corrected chi connectivity index (χ3v) is 4.68. The average molecular weight is 340 g/mol. The Bertz CT molecular complexity index is 684. The number of hydrogen-bond acceptors (Lipinski definition) is 3. The van der Waals surface area contributed by atoms with Crippen LogP contribution >= 0.6 is 0 Å². The molecule has 0 aliphatic carbocycles. The lowest BCUT2D eigenvalue weighted by Crippen LogP contribution is -2.37. The van der Waals surface area contributed by atoms with Gasteiger partial charge in [-0.1, -0.05) is 37.3 Å². The predicted octanol–water partition coefficient (Wildman–Crippen LogP) is 2.26. The van der Waals surface area contributed by atoms with Crippen LogP contribution in [0.1, 0.15) is 35.3 Å². The van der Waals surface area contributed by atoms with Crippen molar-refractivity contribution in [2.24, 2.45) is 0 Å². The van der Waals surface area contributed by atoms with E-state index in [1.54, 1.807) is 0 Å². The van der Waals surface area contributed by atoms with Crippen LogP contribution in [0.2, 0.25) is 0 Å². The number of H-pyrrole nitrogens is 1. The number of amides is 1. The lowest BCUT2D eigenvalue weighted by atomic mass is 9.96. The molecule has 2 aromatic rings. The number of pyridine rings is 1. The van der Waals surface area contributed by atoms with E-state index in [1.807, 2.05) is 36.5 Å². The first-order chi connectivity index (χ1) is 12.3. The van der Waals surface area contributed by atoms with Gasteiger partial charge in [-0.25, -0.2) is 4.98 Å². The molecule has 1 aliphatic heterocycles. The molecule has 1 aromatic carbocycles. The van der Waals surface area contributed by atoms with Crippen molar-refractivity contribution >= 4 is 11.6 Å². The number of rotatable bonds is 6. The third kappa shape index (κ3) is 4.57. The first kappa shape index (κ1) is 17.4. The summed E-state index contributed by atoms with van der Waals surface area (Å²) >= 11 is 0. The molecule has 0 spiro atoms. The van der Waals surface area contributed by atoms with Crippen LogP contribution in [-0.4, -0.2) is 38.8 Å². The normalized spacial score (nSPS) is 15.6. The van der Waals surface area contributed by atoms with E-state index in [0.29, 0.717) is 18.2 Å². The minimum Gasteiger partial charge on any atom is -0.378 e. The van der Waals surface area contributed by atoms with Crippen LogP contribution < -0.4 is 15.2 Å². The Morgan fingerprint density at radius 2 is 2.00 bits per heavy atom. The number of benzene rings is 1. The van der Waals surface area contributed by atoms with Crippen molar-refractivity contribution in [2.45, 2.75) is 19.3 Å². The SMILES string of the molecule is CC[C@@H](CNC(=O)c1cc(N2CCOCC2)cc[nH+]1)c1ccccc1. The van der Waals surface area contributed by atoms with Gasteiger partial charge in [0.1, 0.15) is 0 Å². The largest absolute Gasteiger partial charge is 0.378 e. The molecule has 1 fully saturated rings. The summed E-state index contributed by atoms with van der Waals surface area (Å²) in [6, 6.07) is 14.3. The molecule has 1 saturated heterocycles. The standard InChI is InChI=1S/C20H25N3O2/c1-2-16(17-6-4-3-5-7-17)15-22-20(24)19-14-18(8-9-21-19)23-10-12-25-13-11-23/h3-9,14,16H,2,10-13,15H2,1H3,(H,22,24)/p+1/t16-/m0/s1. The third-order valence-electron chi connectivity index (χ3n) is 4.68. The summed E-state index contributed by atoms with van der Waals surface area (Å²) in [7, 11) is 0. The van der Waals surface area contributed by atoms with Crippen molar-refractivity contribution < 1.29 is 14.5 Å². The van der Waals surface area contributed by atoms with Crippen LogP contribution in [0.15, 0.2) is 48.7 Å². The van der Waals surface area contributed by atoms with Gasteiger partial charge in [-0.15, -0.1) is 0 Å². The minimum absolute atomic E-state index is 0.0653. The fraction of sp³-hybridized carbons (Fsp3) is 0.400. The Morgan fingerprint density at radius 1 is 1.24 bits per heavy atom. The maximum Gasteiger partial charge on any atom is 0.316 e. The van der Waals surface area contributed by atoms with E-state index in [1.165, 1.54) is 5.56 Å². The monoisotopic (exact) mass is 340 g/mol. The van der Waals surface area contributed by atoms with E-state index < -0.39 is 0 Å². The number of anilines is 1. The summed E-state index contributed by atoms with van der Waals surface area (Å²) in [5.74, 6) is 0.261. The smallest absolute Gasteiger partial charge is 0.316 e. The summed E-state index contributed by atoms with van der Waals surface area (Å²) in [5, 5.41) is 3.07. The van der Waals surface area contributed by atoms with Gasteiger partial charge in [0.15, 0.2) is 6.20 Å². The van der Waals surface area contributed by atoms with Gasteiger partial charge in [-0.2, -0.15) is 0 Å². The van der Waals surface area contributed by atoms with Gasteiger partial charge >= 0.3 is 5.91 Å². The molecule has 0 unspecified atom stereocenters. The second kappa shape index (κ2) is 8.62. The number of ether oxygens (including phenoxy) is 1. The van der Waals surface area contributed by atoms with Gasteiger partial charge in [0.05, 0.1) is 13.2 Å². The molecule has 1 amide bonds. The first-order valence-electron chi connectivity index (χ1n) is 8.95. The van der Waals surface area contributed by atoms with Crippen LogP contribution in [0.25, 0.3) is 0 Å². The Balaban J connectivity index is 1.63. The highest BCUT2D eigenvalue weighted by molar-refractivity contribution is 5.91. The number of carbonyl (C=O) groups excluding carboxylic acids is 1. The van der Waals surface area contributed by atoms with Crippen molar-refractivity contribution in [1.29, 1.82) is 0 Å². The lowest BCUT2D eigenvalue weighted by Gasteiger charge is -2.28. The molecule has 5 heteroatoms. The summed E-state index contributed by atoms with van der Waals surface area (Å²) in [6.07, 6.45) is 2.82. The molecule has 0 bridgehead atoms. The second-order valence-corrected chi connectivity index (χ2v) is 6.29. The van der Waals surface area contributed by atoms with Gasteiger partial charge in [0.25, 0.3) is 5.69 Å². The molecule has 0 radical (unpaired) electrons. The number of hydrogen-bond donors (Lipinski definition) is 1. The zero-order valence-electron chi connectivity index (χ0n) is 14.7. The fourth-order valence-corrected chi connectivity index (χ4v) is 3.14. The molecule has 132 valence electrons. The molecule has 2 heterocycles. The van der Waals surface area contributed by atoms with Crippen molar-refractivity contribution in [1.82, 2.24) is 5.32 Å². The maximum absolute atomic E-state index is 12.5. The molecule has 3 rings (SSSR count). The Morgan fingerprint density at radius 3 is 2.72 bits per heavy atom. The highest BCUT2D eigenvalue weighted by Gasteiger charge is 2.19. The zero-order chi connectivity index (χ0) is 17.5. The first-order valence-corrected chi connectivity index (χ1v) is 8.95. The maximum atomic E-state index is 12.5. The highest BCUT2D eigenvalue weighted by atomic mass is 16.5. The van der Waals surface area contributed by atoms with E-state index >= 15 is 0 Å². The average Bonchev–Trinajstić information content (AvgIpc) is 2.70. The number of carbonyl (C=O) groups is 1. The molecule has 1 aromatic heterocycles. The van der Waals surface area contributed by atoms with Crippen molar-refractivity contribution in [2.75, 3.05) is 37.7 Å². The number of nitrogens with one attached hydrogen (secondary N) is 2. The molecule has 5 nitrogen and oxygen atoms in total. The number of morpholine rings is 1. The molecule has 25 heavy (non-hydrogen) atoms. The Labute approximate surface area is 149 Å². The quantitative estimate of drug-likeness (QED) is 0.878. The van der Waals surface area contributed by atoms with E-state index in [4.69, 9.17) is 4.74 Å². The fourth-order valence-electron chi connectivity index (χ4n) is 3.14. The molecule has 1 aliphatic rings. The van der Waals surface area contributed by atoms with E-state index in [-0.39, 0.29) is 5.91 Å². The Hall–Kier alpha value is -2.40. The van der Waals surface area contributed by atoms with E-state index in [0.717, 1.165) is 38.4 Å². The molecule has 1 atom stereocenters. The topological polar surface area (TPSA) is 55.7 Å². The van der Waals surface area contributed by atoms with Gasteiger partial charge in [0, 0.05) is 43.4 Å².